The van der Waals surface area contributed by atoms with Gasteiger partial charge < -0.3 is 38.2 Å². The molecule has 13 heteroatoms. The van der Waals surface area contributed by atoms with Gasteiger partial charge in [-0.2, -0.15) is 0 Å². The van der Waals surface area contributed by atoms with Gasteiger partial charge in [0.05, 0.1) is 54.0 Å². The Morgan fingerprint density at radius 3 is 1.08 bits per heavy atom. The molecule has 13 nitrogen and oxygen atoms in total. The molecule has 2 aliphatic heterocycles. The van der Waals surface area contributed by atoms with E-state index in [0.29, 0.717) is 71.8 Å². The van der Waals surface area contributed by atoms with Gasteiger partial charge in [-0.15, -0.1) is 0 Å². The minimum Gasteiger partial charge on any atom is -0.493 e. The second-order valence-electron chi connectivity index (χ2n) is 14.7. The highest BCUT2D eigenvalue weighted by Gasteiger charge is 2.25. The number of pyridine rings is 1. The third-order valence-corrected chi connectivity index (χ3v) is 11.2. The predicted octanol–water partition coefficient (Wildman–Crippen LogP) is 6.38. The summed E-state index contributed by atoms with van der Waals surface area (Å²) in [6, 6.07) is 29.1. The SMILES string of the molecule is COc1cc(-c2ccc(C(=O)N3CCN(Cc4cccc(CN5CCN(C(=O)c6ccc(-c7cc(OC)c(OC)c(OC)c7)cc6)CC5)n4)CC3)cc2)cc(OC)c1OC. The number of carbonyl (C=O) groups is 2. The standard InChI is InChI=1S/C47H53N5O8/c1-55-40-26-36(27-41(56-2)44(40)59-5)32-10-14-34(15-11-32)46(53)51-22-18-49(19-23-51)30-38-8-7-9-39(48-38)31-50-20-24-52(25-21-50)47(54)35-16-12-33(13-17-35)37-28-42(57-3)45(60-6)43(29-37)58-4/h7-17,26-29H,18-25,30-31H2,1-6H3. The molecular weight excluding hydrogens is 763 g/mol. The molecule has 314 valence electrons. The Labute approximate surface area is 351 Å². The lowest BCUT2D eigenvalue weighted by atomic mass is 10.0. The summed E-state index contributed by atoms with van der Waals surface area (Å²) in [5, 5.41) is 0. The summed E-state index contributed by atoms with van der Waals surface area (Å²) in [7, 11) is 9.53. The fraction of sp³-hybridized carbons (Fsp3) is 0.340. The number of hydrogen-bond acceptors (Lipinski definition) is 11. The van der Waals surface area contributed by atoms with Crippen molar-refractivity contribution in [3.8, 4) is 56.8 Å². The molecule has 2 amide bonds. The maximum absolute atomic E-state index is 13.5. The first kappa shape index (κ1) is 41.8. The predicted molar refractivity (Wildman–Crippen MR) is 230 cm³/mol. The third-order valence-electron chi connectivity index (χ3n) is 11.2. The minimum atomic E-state index is 0.0263. The molecule has 3 heterocycles. The quantitative estimate of drug-likeness (QED) is 0.124. The second kappa shape index (κ2) is 19.2. The number of benzene rings is 4. The third kappa shape index (κ3) is 9.27. The van der Waals surface area contributed by atoms with Crippen LogP contribution in [0.25, 0.3) is 22.3 Å². The van der Waals surface area contributed by atoms with Gasteiger partial charge in [-0.3, -0.25) is 24.4 Å². The van der Waals surface area contributed by atoms with Crippen LogP contribution in [-0.2, 0) is 13.1 Å². The molecule has 0 atom stereocenters. The molecule has 0 bridgehead atoms. The topological polar surface area (TPSA) is 115 Å². The highest BCUT2D eigenvalue weighted by Crippen LogP contribution is 2.42. The monoisotopic (exact) mass is 815 g/mol. The summed E-state index contributed by atoms with van der Waals surface area (Å²) >= 11 is 0. The Morgan fingerprint density at radius 2 is 0.783 bits per heavy atom. The molecule has 1 aromatic heterocycles. The Balaban J connectivity index is 0.874. The van der Waals surface area contributed by atoms with Gasteiger partial charge in [0.2, 0.25) is 11.5 Å². The van der Waals surface area contributed by atoms with Crippen molar-refractivity contribution in [2.24, 2.45) is 0 Å². The molecule has 60 heavy (non-hydrogen) atoms. The van der Waals surface area contributed by atoms with Crippen LogP contribution in [-0.4, -0.2) is 131 Å². The lowest BCUT2D eigenvalue weighted by Gasteiger charge is -2.35. The number of ether oxygens (including phenoxy) is 6. The van der Waals surface area contributed by atoms with Gasteiger partial charge in [0.1, 0.15) is 0 Å². The van der Waals surface area contributed by atoms with E-state index in [2.05, 4.69) is 28.0 Å². The van der Waals surface area contributed by atoms with Crippen LogP contribution in [0.2, 0.25) is 0 Å². The number of carbonyl (C=O) groups excluding carboxylic acids is 2. The Morgan fingerprint density at radius 1 is 0.450 bits per heavy atom. The van der Waals surface area contributed by atoms with Crippen LogP contribution in [0, 0.1) is 0 Å². The Hall–Kier alpha value is -6.31. The zero-order chi connectivity index (χ0) is 42.2. The van der Waals surface area contributed by atoms with Crippen molar-refractivity contribution < 1.29 is 38.0 Å². The number of rotatable bonds is 14. The Bertz CT molecular complexity index is 2060. The Kier molecular flexibility index (Phi) is 13.4. The van der Waals surface area contributed by atoms with E-state index in [9.17, 15) is 9.59 Å². The summed E-state index contributed by atoms with van der Waals surface area (Å²) in [4.78, 5) is 40.5. The normalized spacial score (nSPS) is 14.7. The molecule has 0 spiro atoms. The van der Waals surface area contributed by atoms with Crippen molar-refractivity contribution in [3.05, 3.63) is 114 Å². The zero-order valence-corrected chi connectivity index (χ0v) is 35.2. The van der Waals surface area contributed by atoms with Gasteiger partial charge in [-0.25, -0.2) is 0 Å². The number of hydrogen-bond donors (Lipinski definition) is 0. The summed E-state index contributed by atoms with van der Waals surface area (Å²) in [6.45, 7) is 7.10. The first-order chi connectivity index (χ1) is 29.2. The molecule has 2 fully saturated rings. The molecule has 5 aromatic rings. The van der Waals surface area contributed by atoms with E-state index >= 15 is 0 Å². The number of aromatic nitrogens is 1. The van der Waals surface area contributed by atoms with Gasteiger partial charge in [0, 0.05) is 76.6 Å². The van der Waals surface area contributed by atoms with Gasteiger partial charge in [0.15, 0.2) is 23.0 Å². The van der Waals surface area contributed by atoms with E-state index in [1.807, 2.05) is 82.6 Å². The average molecular weight is 816 g/mol. The summed E-state index contributed by atoms with van der Waals surface area (Å²) < 4.78 is 33.0. The van der Waals surface area contributed by atoms with Crippen LogP contribution in [0.4, 0.5) is 0 Å². The molecule has 0 unspecified atom stereocenters. The molecule has 2 aliphatic rings. The fourth-order valence-corrected chi connectivity index (χ4v) is 7.85. The van der Waals surface area contributed by atoms with Crippen LogP contribution in [0.5, 0.6) is 34.5 Å². The molecule has 0 radical (unpaired) electrons. The molecule has 4 aromatic carbocycles. The van der Waals surface area contributed by atoms with Crippen molar-refractivity contribution >= 4 is 11.8 Å². The number of nitrogens with zero attached hydrogens (tertiary/aromatic N) is 5. The first-order valence-electron chi connectivity index (χ1n) is 20.0. The summed E-state index contributed by atoms with van der Waals surface area (Å²) in [5.74, 6) is 3.42. The van der Waals surface area contributed by atoms with Crippen LogP contribution in [0.3, 0.4) is 0 Å². The summed E-state index contributed by atoms with van der Waals surface area (Å²) in [6.07, 6.45) is 0. The van der Waals surface area contributed by atoms with Crippen molar-refractivity contribution in [2.45, 2.75) is 13.1 Å². The molecule has 7 rings (SSSR count). The molecule has 0 aliphatic carbocycles. The maximum Gasteiger partial charge on any atom is 0.253 e. The van der Waals surface area contributed by atoms with Gasteiger partial charge in [-0.1, -0.05) is 30.3 Å². The average Bonchev–Trinajstić information content (AvgIpc) is 3.30. The maximum atomic E-state index is 13.5. The highest BCUT2D eigenvalue weighted by molar-refractivity contribution is 5.95. The van der Waals surface area contributed by atoms with Crippen LogP contribution < -0.4 is 28.4 Å². The number of piperazine rings is 2. The van der Waals surface area contributed by atoms with Crippen LogP contribution in [0.15, 0.2) is 91.0 Å². The van der Waals surface area contributed by atoms with Crippen molar-refractivity contribution in [2.75, 3.05) is 95.0 Å². The number of amides is 2. The molecule has 0 N–H and O–H groups in total. The van der Waals surface area contributed by atoms with E-state index in [1.54, 1.807) is 42.7 Å². The highest BCUT2D eigenvalue weighted by atomic mass is 16.5. The first-order valence-corrected chi connectivity index (χ1v) is 20.0. The van der Waals surface area contributed by atoms with Crippen LogP contribution in [0.1, 0.15) is 32.1 Å². The van der Waals surface area contributed by atoms with Gasteiger partial charge >= 0.3 is 0 Å². The lowest BCUT2D eigenvalue weighted by Crippen LogP contribution is -2.48. The molecular formula is C47H53N5O8. The minimum absolute atomic E-state index is 0.0263. The van der Waals surface area contributed by atoms with E-state index in [1.165, 1.54) is 0 Å². The zero-order valence-electron chi connectivity index (χ0n) is 35.2. The summed E-state index contributed by atoms with van der Waals surface area (Å²) in [5.41, 5.74) is 7.02. The van der Waals surface area contributed by atoms with E-state index in [4.69, 9.17) is 33.4 Å². The van der Waals surface area contributed by atoms with Crippen molar-refractivity contribution in [1.29, 1.82) is 0 Å². The van der Waals surface area contributed by atoms with Crippen LogP contribution >= 0.6 is 0 Å². The van der Waals surface area contributed by atoms with Crippen molar-refractivity contribution in [3.63, 3.8) is 0 Å². The van der Waals surface area contributed by atoms with E-state index in [0.717, 1.165) is 72.9 Å². The fourth-order valence-electron chi connectivity index (χ4n) is 7.85. The van der Waals surface area contributed by atoms with Crippen molar-refractivity contribution in [1.82, 2.24) is 24.6 Å². The number of methoxy groups -OCH3 is 6. The second-order valence-corrected chi connectivity index (χ2v) is 14.7. The smallest absolute Gasteiger partial charge is 0.253 e. The lowest BCUT2D eigenvalue weighted by molar-refractivity contribution is 0.0624. The van der Waals surface area contributed by atoms with E-state index < -0.39 is 0 Å². The van der Waals surface area contributed by atoms with Gasteiger partial charge in [-0.05, 0) is 82.9 Å². The molecule has 0 saturated carbocycles. The largest absolute Gasteiger partial charge is 0.493 e. The molecule has 2 saturated heterocycles. The van der Waals surface area contributed by atoms with E-state index in [-0.39, 0.29) is 11.8 Å². The van der Waals surface area contributed by atoms with Gasteiger partial charge in [0.25, 0.3) is 11.8 Å².